The second kappa shape index (κ2) is 7.13. The van der Waals surface area contributed by atoms with Gasteiger partial charge in [-0.05, 0) is 47.5 Å². The topological polar surface area (TPSA) is 110 Å². The first kappa shape index (κ1) is 14.6. The van der Waals surface area contributed by atoms with E-state index in [1.54, 1.807) is 24.3 Å². The minimum atomic E-state index is -0.839. The highest BCUT2D eigenvalue weighted by molar-refractivity contribution is 5.90. The molecule has 0 saturated carbocycles. The van der Waals surface area contributed by atoms with Gasteiger partial charge in [-0.2, -0.15) is 0 Å². The van der Waals surface area contributed by atoms with Crippen molar-refractivity contribution in [2.24, 2.45) is 0 Å². The summed E-state index contributed by atoms with van der Waals surface area (Å²) in [6, 6.07) is 7.09. The number of nitrogens with zero attached hydrogens (tertiary/aromatic N) is 4. The Balaban J connectivity index is 1.80. The summed E-state index contributed by atoms with van der Waals surface area (Å²) in [7, 11) is 0. The molecule has 1 heterocycles. The third-order valence-corrected chi connectivity index (χ3v) is 2.81. The second-order valence-corrected chi connectivity index (χ2v) is 4.45. The predicted molar refractivity (Wildman–Crippen MR) is 73.9 cm³/mol. The Bertz CT molecular complexity index is 595. The molecule has 0 bridgehead atoms. The SMILES string of the molecule is O=C(O)CCCCC(=O)Nc1ccc(-n2cnnn2)cc1. The lowest BCUT2D eigenvalue weighted by Gasteiger charge is -2.06. The zero-order valence-corrected chi connectivity index (χ0v) is 11.3. The fourth-order valence-corrected chi connectivity index (χ4v) is 1.76. The van der Waals surface area contributed by atoms with Gasteiger partial charge in [0.15, 0.2) is 0 Å². The molecule has 1 aromatic heterocycles. The molecular weight excluding hydrogens is 274 g/mol. The van der Waals surface area contributed by atoms with Crippen LogP contribution in [-0.2, 0) is 9.59 Å². The largest absolute Gasteiger partial charge is 0.481 e. The smallest absolute Gasteiger partial charge is 0.303 e. The monoisotopic (exact) mass is 289 g/mol. The molecule has 2 N–H and O–H groups in total. The highest BCUT2D eigenvalue weighted by atomic mass is 16.4. The number of anilines is 1. The number of rotatable bonds is 7. The first-order valence-electron chi connectivity index (χ1n) is 6.50. The van der Waals surface area contributed by atoms with E-state index in [1.807, 2.05) is 0 Å². The summed E-state index contributed by atoms with van der Waals surface area (Å²) in [5.74, 6) is -0.968. The number of aromatic nitrogens is 4. The lowest BCUT2D eigenvalue weighted by atomic mass is 10.2. The van der Waals surface area contributed by atoms with Crippen LogP contribution in [0.25, 0.3) is 5.69 Å². The Hall–Kier alpha value is -2.77. The molecule has 0 radical (unpaired) electrons. The molecule has 0 spiro atoms. The summed E-state index contributed by atoms with van der Waals surface area (Å²) < 4.78 is 1.51. The molecule has 0 aliphatic carbocycles. The van der Waals surface area contributed by atoms with E-state index in [0.29, 0.717) is 24.9 Å². The van der Waals surface area contributed by atoms with E-state index >= 15 is 0 Å². The van der Waals surface area contributed by atoms with Crippen molar-refractivity contribution in [1.82, 2.24) is 20.2 Å². The van der Waals surface area contributed by atoms with Crippen molar-refractivity contribution >= 4 is 17.6 Å². The van der Waals surface area contributed by atoms with Gasteiger partial charge >= 0.3 is 5.97 Å². The Morgan fingerprint density at radius 1 is 1.14 bits per heavy atom. The number of amides is 1. The van der Waals surface area contributed by atoms with Gasteiger partial charge in [0.25, 0.3) is 0 Å². The van der Waals surface area contributed by atoms with E-state index in [2.05, 4.69) is 20.8 Å². The van der Waals surface area contributed by atoms with Crippen molar-refractivity contribution in [3.8, 4) is 5.69 Å². The van der Waals surface area contributed by atoms with Crippen molar-refractivity contribution in [2.75, 3.05) is 5.32 Å². The fraction of sp³-hybridized carbons (Fsp3) is 0.308. The molecule has 1 amide bonds. The molecule has 2 rings (SSSR count). The van der Waals surface area contributed by atoms with Gasteiger partial charge in [0, 0.05) is 18.5 Å². The normalized spacial score (nSPS) is 10.3. The van der Waals surface area contributed by atoms with Gasteiger partial charge in [0.2, 0.25) is 5.91 Å². The predicted octanol–water partition coefficient (Wildman–Crippen LogP) is 1.25. The maximum absolute atomic E-state index is 11.7. The molecule has 8 heteroatoms. The number of carbonyl (C=O) groups is 2. The van der Waals surface area contributed by atoms with Gasteiger partial charge in [0.05, 0.1) is 5.69 Å². The third-order valence-electron chi connectivity index (χ3n) is 2.81. The van der Waals surface area contributed by atoms with Crippen molar-refractivity contribution in [2.45, 2.75) is 25.7 Å². The van der Waals surface area contributed by atoms with Crippen LogP contribution in [0, 0.1) is 0 Å². The van der Waals surface area contributed by atoms with E-state index in [0.717, 1.165) is 5.69 Å². The van der Waals surface area contributed by atoms with Gasteiger partial charge in [-0.25, -0.2) is 4.68 Å². The number of benzene rings is 1. The van der Waals surface area contributed by atoms with Crippen molar-refractivity contribution in [1.29, 1.82) is 0 Å². The Kier molecular flexibility index (Phi) is 4.97. The number of hydrogen-bond donors (Lipinski definition) is 2. The molecule has 0 aliphatic heterocycles. The minimum absolute atomic E-state index is 0.0912. The molecule has 2 aromatic rings. The number of nitrogens with one attached hydrogen (secondary N) is 1. The highest BCUT2D eigenvalue weighted by Gasteiger charge is 2.04. The molecule has 110 valence electrons. The van der Waals surface area contributed by atoms with Gasteiger partial charge in [-0.1, -0.05) is 0 Å². The maximum Gasteiger partial charge on any atom is 0.303 e. The van der Waals surface area contributed by atoms with E-state index in [1.165, 1.54) is 11.0 Å². The summed E-state index contributed by atoms with van der Waals surface area (Å²) in [4.78, 5) is 22.0. The van der Waals surface area contributed by atoms with Crippen LogP contribution in [0.2, 0.25) is 0 Å². The average Bonchev–Trinajstić information content (AvgIpc) is 2.98. The van der Waals surface area contributed by atoms with Crippen LogP contribution in [0.4, 0.5) is 5.69 Å². The number of carbonyl (C=O) groups excluding carboxylic acids is 1. The van der Waals surface area contributed by atoms with Crippen LogP contribution in [0.5, 0.6) is 0 Å². The summed E-state index contributed by atoms with van der Waals surface area (Å²) in [5, 5.41) is 22.1. The molecule has 1 aromatic carbocycles. The fourth-order valence-electron chi connectivity index (χ4n) is 1.76. The maximum atomic E-state index is 11.7. The summed E-state index contributed by atoms with van der Waals surface area (Å²) in [6.45, 7) is 0. The first-order valence-corrected chi connectivity index (χ1v) is 6.50. The number of carboxylic acid groups (broad SMARTS) is 1. The van der Waals surface area contributed by atoms with E-state index in [-0.39, 0.29) is 12.3 Å². The summed E-state index contributed by atoms with van der Waals surface area (Å²) >= 11 is 0. The van der Waals surface area contributed by atoms with Crippen LogP contribution in [0.1, 0.15) is 25.7 Å². The van der Waals surface area contributed by atoms with Crippen LogP contribution in [0.3, 0.4) is 0 Å². The molecule has 0 unspecified atom stereocenters. The van der Waals surface area contributed by atoms with Gasteiger partial charge in [-0.15, -0.1) is 5.10 Å². The Labute approximate surface area is 120 Å². The quantitative estimate of drug-likeness (QED) is 0.742. The van der Waals surface area contributed by atoms with Crippen LogP contribution >= 0.6 is 0 Å². The van der Waals surface area contributed by atoms with Crippen molar-refractivity contribution < 1.29 is 14.7 Å². The molecule has 0 aliphatic rings. The number of aliphatic carboxylic acids is 1. The van der Waals surface area contributed by atoms with Crippen molar-refractivity contribution in [3.63, 3.8) is 0 Å². The summed E-state index contributed by atoms with van der Waals surface area (Å²) in [5.41, 5.74) is 1.47. The summed E-state index contributed by atoms with van der Waals surface area (Å²) in [6.07, 6.45) is 2.94. The Morgan fingerprint density at radius 3 is 2.48 bits per heavy atom. The van der Waals surface area contributed by atoms with E-state index < -0.39 is 5.97 Å². The Morgan fingerprint density at radius 2 is 1.86 bits per heavy atom. The van der Waals surface area contributed by atoms with Gasteiger partial charge in [0.1, 0.15) is 6.33 Å². The molecule has 0 saturated heterocycles. The standard InChI is InChI=1S/C13H15N5O3/c19-12(3-1-2-4-13(20)21)15-10-5-7-11(8-6-10)18-9-14-16-17-18/h5-9H,1-4H2,(H,15,19)(H,20,21). The molecular formula is C13H15N5O3. The zero-order valence-electron chi connectivity index (χ0n) is 11.3. The van der Waals surface area contributed by atoms with E-state index in [9.17, 15) is 9.59 Å². The lowest BCUT2D eigenvalue weighted by Crippen LogP contribution is -2.11. The highest BCUT2D eigenvalue weighted by Crippen LogP contribution is 2.12. The van der Waals surface area contributed by atoms with Crippen molar-refractivity contribution in [3.05, 3.63) is 30.6 Å². The molecule has 8 nitrogen and oxygen atoms in total. The number of hydrogen-bond acceptors (Lipinski definition) is 5. The molecule has 0 fully saturated rings. The second-order valence-electron chi connectivity index (χ2n) is 4.45. The number of tetrazole rings is 1. The van der Waals surface area contributed by atoms with Crippen LogP contribution < -0.4 is 5.32 Å². The molecule has 21 heavy (non-hydrogen) atoms. The van der Waals surface area contributed by atoms with Crippen LogP contribution in [-0.4, -0.2) is 37.2 Å². The lowest BCUT2D eigenvalue weighted by molar-refractivity contribution is -0.137. The minimum Gasteiger partial charge on any atom is -0.481 e. The number of unbranched alkanes of at least 4 members (excludes halogenated alkanes) is 1. The first-order chi connectivity index (χ1) is 10.1. The van der Waals surface area contributed by atoms with Gasteiger partial charge in [-0.3, -0.25) is 9.59 Å². The van der Waals surface area contributed by atoms with Gasteiger partial charge < -0.3 is 10.4 Å². The van der Waals surface area contributed by atoms with Crippen LogP contribution in [0.15, 0.2) is 30.6 Å². The molecule has 0 atom stereocenters. The third kappa shape index (κ3) is 4.68. The van der Waals surface area contributed by atoms with E-state index in [4.69, 9.17) is 5.11 Å². The average molecular weight is 289 g/mol. The zero-order chi connectivity index (χ0) is 15.1. The number of carboxylic acids is 1.